The second-order valence-corrected chi connectivity index (χ2v) is 12.9. The lowest BCUT2D eigenvalue weighted by molar-refractivity contribution is 0.104. The number of hydrogen-bond donors (Lipinski definition) is 2. The molecule has 2 N–H and O–H groups in total. The fraction of sp³-hybridized carbons (Fsp3) is 0.652. The summed E-state index contributed by atoms with van der Waals surface area (Å²) in [5.41, 5.74) is 0.590. The molecule has 8 nitrogen and oxygen atoms in total. The van der Waals surface area contributed by atoms with Crippen molar-refractivity contribution in [1.82, 2.24) is 19.9 Å². The third kappa shape index (κ3) is 3.08. The van der Waals surface area contributed by atoms with Crippen LogP contribution >= 0.6 is 11.6 Å². The number of anilines is 2. The molecule has 6 aliphatic rings. The molecule has 174 valence electrons. The highest BCUT2D eigenvalue weighted by molar-refractivity contribution is 7.87. The number of halogens is 1. The van der Waals surface area contributed by atoms with Gasteiger partial charge in [-0.1, -0.05) is 11.6 Å². The fourth-order valence-electron chi connectivity index (χ4n) is 6.26. The van der Waals surface area contributed by atoms with Gasteiger partial charge in [0, 0.05) is 37.8 Å². The minimum atomic E-state index is -1.08. The summed E-state index contributed by atoms with van der Waals surface area (Å²) in [6.07, 6.45) is 10.2. The number of hydrogen-bond acceptors (Lipinski definition) is 8. The summed E-state index contributed by atoms with van der Waals surface area (Å²) in [7, 11) is -1.08. The van der Waals surface area contributed by atoms with Crippen LogP contribution in [0.2, 0.25) is 5.02 Å². The van der Waals surface area contributed by atoms with E-state index in [4.69, 9.17) is 21.6 Å². The predicted octanol–water partition coefficient (Wildman–Crippen LogP) is 2.68. The van der Waals surface area contributed by atoms with Crippen LogP contribution in [0.3, 0.4) is 0 Å². The number of fused-ring (bicyclic) bond motifs is 3. The molecular weight excluding hydrogens is 460 g/mol. The molecule has 3 atom stereocenters. The first-order chi connectivity index (χ1) is 16.0. The van der Waals surface area contributed by atoms with E-state index in [1.165, 1.54) is 6.42 Å². The van der Waals surface area contributed by atoms with Crippen LogP contribution in [-0.2, 0) is 17.2 Å². The maximum atomic E-state index is 13.3. The summed E-state index contributed by atoms with van der Waals surface area (Å²) in [6.45, 7) is 1.80. The first-order valence-corrected chi connectivity index (χ1v) is 13.5. The lowest BCUT2D eigenvalue weighted by Crippen LogP contribution is -2.55. The molecule has 3 saturated carbocycles. The SMILES string of the molecule is O=[S@@]1c2c(nc(N3CC4CC(C3)C4c3ncc(Cl)cn3)nc2NC2(CO)CCC2)CC12CC2. The average molecular weight is 487 g/mol. The zero-order valence-electron chi connectivity index (χ0n) is 18.3. The molecule has 1 spiro atoms. The van der Waals surface area contributed by atoms with E-state index in [0.717, 1.165) is 74.0 Å². The van der Waals surface area contributed by atoms with Crippen LogP contribution < -0.4 is 10.2 Å². The van der Waals surface area contributed by atoms with Crippen molar-refractivity contribution >= 4 is 34.2 Å². The molecule has 2 unspecified atom stereocenters. The number of rotatable bonds is 5. The van der Waals surface area contributed by atoms with Crippen LogP contribution in [0.1, 0.15) is 56.0 Å². The van der Waals surface area contributed by atoms with Crippen molar-refractivity contribution in [3.63, 3.8) is 0 Å². The van der Waals surface area contributed by atoms with E-state index in [2.05, 4.69) is 20.2 Å². The quantitative estimate of drug-likeness (QED) is 0.664. The van der Waals surface area contributed by atoms with E-state index in [0.29, 0.717) is 28.6 Å². The largest absolute Gasteiger partial charge is 0.394 e. The summed E-state index contributed by atoms with van der Waals surface area (Å²) in [5, 5.41) is 14.1. The van der Waals surface area contributed by atoms with Crippen LogP contribution in [-0.4, -0.2) is 59.2 Å². The zero-order chi connectivity index (χ0) is 22.4. The molecule has 0 aromatic carbocycles. The van der Waals surface area contributed by atoms with Crippen molar-refractivity contribution < 1.29 is 9.32 Å². The third-order valence-electron chi connectivity index (χ3n) is 8.55. The summed E-state index contributed by atoms with van der Waals surface area (Å²) in [4.78, 5) is 21.9. The normalized spacial score (nSPS) is 32.1. The molecule has 5 heterocycles. The standard InChI is InChI=1S/C23H27ClN6O2S/c24-15-8-25-19(26-9-15)17-13-6-14(17)11-30(10-13)21-27-16-7-23(4-5-23)33(32)18(16)20(28-21)29-22(12-31)2-1-3-22/h8-9,13-14,17,31H,1-7,10-12H2,(H,27,28,29)/t13?,14?,17?,33-/m1/s1. The van der Waals surface area contributed by atoms with Gasteiger partial charge in [-0.05, 0) is 50.4 Å². The molecule has 5 fully saturated rings. The number of nitrogens with zero attached hydrogens (tertiary/aromatic N) is 5. The van der Waals surface area contributed by atoms with Crippen LogP contribution in [0.5, 0.6) is 0 Å². The Morgan fingerprint density at radius 1 is 1.15 bits per heavy atom. The van der Waals surface area contributed by atoms with Gasteiger partial charge in [-0.2, -0.15) is 4.98 Å². The predicted molar refractivity (Wildman–Crippen MR) is 125 cm³/mol. The van der Waals surface area contributed by atoms with E-state index < -0.39 is 10.8 Å². The lowest BCUT2D eigenvalue weighted by atomic mass is 9.61. The molecule has 10 heteroatoms. The molecule has 3 aliphatic carbocycles. The fourth-order valence-corrected chi connectivity index (χ4v) is 8.13. The van der Waals surface area contributed by atoms with Crippen molar-refractivity contribution in [2.75, 3.05) is 29.9 Å². The average Bonchev–Trinajstić information content (AvgIpc) is 3.51. The monoisotopic (exact) mass is 486 g/mol. The van der Waals surface area contributed by atoms with E-state index in [1.54, 1.807) is 12.4 Å². The van der Waals surface area contributed by atoms with Crippen molar-refractivity contribution in [2.45, 2.75) is 66.0 Å². The number of aliphatic hydroxyl groups is 1. The third-order valence-corrected chi connectivity index (χ3v) is 10.9. The number of aliphatic hydroxyl groups excluding tert-OH is 1. The second kappa shape index (κ2) is 7.09. The Morgan fingerprint density at radius 3 is 2.48 bits per heavy atom. The summed E-state index contributed by atoms with van der Waals surface area (Å²) < 4.78 is 13.2. The molecule has 0 radical (unpaired) electrons. The Labute approximate surface area is 200 Å². The highest BCUT2D eigenvalue weighted by Gasteiger charge is 2.56. The smallest absolute Gasteiger partial charge is 0.227 e. The van der Waals surface area contributed by atoms with Crippen LogP contribution in [0.4, 0.5) is 11.8 Å². The first kappa shape index (κ1) is 20.5. The van der Waals surface area contributed by atoms with E-state index in [9.17, 15) is 9.32 Å². The van der Waals surface area contributed by atoms with Gasteiger partial charge in [-0.25, -0.2) is 15.0 Å². The van der Waals surface area contributed by atoms with E-state index in [-0.39, 0.29) is 16.9 Å². The van der Waals surface area contributed by atoms with E-state index in [1.807, 2.05) is 0 Å². The van der Waals surface area contributed by atoms with Crippen molar-refractivity contribution in [3.8, 4) is 0 Å². The Kier molecular flexibility index (Phi) is 4.41. The second-order valence-electron chi connectivity index (χ2n) is 10.6. The van der Waals surface area contributed by atoms with Crippen LogP contribution in [0.15, 0.2) is 17.3 Å². The number of nitrogens with one attached hydrogen (secondary N) is 1. The van der Waals surface area contributed by atoms with Gasteiger partial charge < -0.3 is 15.3 Å². The molecule has 2 aromatic rings. The number of piperidine rings is 2. The molecule has 8 rings (SSSR count). The molecule has 3 aliphatic heterocycles. The van der Waals surface area contributed by atoms with Gasteiger partial charge in [0.05, 0.1) is 38.4 Å². The van der Waals surface area contributed by atoms with Crippen LogP contribution in [0, 0.1) is 11.8 Å². The van der Waals surface area contributed by atoms with Crippen molar-refractivity contribution in [2.24, 2.45) is 11.8 Å². The van der Waals surface area contributed by atoms with Gasteiger partial charge in [0.2, 0.25) is 5.95 Å². The maximum Gasteiger partial charge on any atom is 0.227 e. The van der Waals surface area contributed by atoms with Crippen LogP contribution in [0.25, 0.3) is 0 Å². The summed E-state index contributed by atoms with van der Waals surface area (Å²) >= 11 is 5.98. The molecule has 2 saturated heterocycles. The van der Waals surface area contributed by atoms with Crippen molar-refractivity contribution in [1.29, 1.82) is 0 Å². The Morgan fingerprint density at radius 2 is 1.88 bits per heavy atom. The summed E-state index contributed by atoms with van der Waals surface area (Å²) in [5.74, 6) is 3.60. The maximum absolute atomic E-state index is 13.3. The first-order valence-electron chi connectivity index (χ1n) is 11.9. The highest BCUT2D eigenvalue weighted by Crippen LogP contribution is 2.55. The minimum absolute atomic E-state index is 0.0650. The minimum Gasteiger partial charge on any atom is -0.394 e. The Balaban J connectivity index is 1.19. The topological polar surface area (TPSA) is 104 Å². The summed E-state index contributed by atoms with van der Waals surface area (Å²) in [6, 6.07) is 0. The highest BCUT2D eigenvalue weighted by atomic mass is 35.5. The lowest BCUT2D eigenvalue weighted by Gasteiger charge is -2.52. The Hall–Kier alpha value is -1.84. The molecular formula is C23H27ClN6O2S. The van der Waals surface area contributed by atoms with Gasteiger partial charge in [-0.3, -0.25) is 4.21 Å². The molecule has 33 heavy (non-hydrogen) atoms. The molecule has 2 bridgehead atoms. The molecule has 0 amide bonds. The van der Waals surface area contributed by atoms with Crippen molar-refractivity contribution in [3.05, 3.63) is 28.9 Å². The Bertz CT molecular complexity index is 1130. The van der Waals surface area contributed by atoms with Gasteiger partial charge in [0.1, 0.15) is 16.5 Å². The zero-order valence-corrected chi connectivity index (χ0v) is 19.9. The molecule has 2 aromatic heterocycles. The van der Waals surface area contributed by atoms with Gasteiger partial charge in [0.25, 0.3) is 0 Å². The van der Waals surface area contributed by atoms with Gasteiger partial charge >= 0.3 is 0 Å². The van der Waals surface area contributed by atoms with E-state index >= 15 is 0 Å². The van der Waals surface area contributed by atoms with Gasteiger partial charge in [-0.15, -0.1) is 0 Å². The number of aromatic nitrogens is 4. The van der Waals surface area contributed by atoms with Gasteiger partial charge in [0.15, 0.2) is 0 Å².